The highest BCUT2D eigenvalue weighted by molar-refractivity contribution is 5.89. The van der Waals surface area contributed by atoms with Crippen LogP contribution in [0.2, 0.25) is 0 Å². The zero-order valence-electron chi connectivity index (χ0n) is 22.8. The third-order valence-corrected chi connectivity index (χ3v) is 7.50. The molecule has 2 fully saturated rings. The quantitative estimate of drug-likeness (QED) is 0.234. The predicted molar refractivity (Wildman–Crippen MR) is 151 cm³/mol. The van der Waals surface area contributed by atoms with Crippen molar-refractivity contribution >= 4 is 41.0 Å². The average molecular weight is 568 g/mol. The van der Waals surface area contributed by atoms with Gasteiger partial charge in [-0.3, -0.25) is 4.79 Å². The van der Waals surface area contributed by atoms with Gasteiger partial charge >= 0.3 is 11.9 Å². The summed E-state index contributed by atoms with van der Waals surface area (Å²) in [5.74, 6) is -3.19. The number of likely N-dealkylation sites (N-methyl/N-ethyl adjacent to an activating group) is 1. The number of benzene rings is 1. The van der Waals surface area contributed by atoms with Crippen molar-refractivity contribution in [1.82, 2.24) is 14.9 Å². The fourth-order valence-electron chi connectivity index (χ4n) is 5.50. The maximum atomic E-state index is 14.5. The lowest BCUT2D eigenvalue weighted by Crippen LogP contribution is -2.44. The summed E-state index contributed by atoms with van der Waals surface area (Å²) in [6.45, 7) is 6.20. The van der Waals surface area contributed by atoms with Crippen LogP contribution in [0.3, 0.4) is 0 Å². The Bertz CT molecular complexity index is 1340. The fourth-order valence-corrected chi connectivity index (χ4v) is 5.50. The van der Waals surface area contributed by atoms with Crippen molar-refractivity contribution in [2.24, 2.45) is 23.5 Å². The van der Waals surface area contributed by atoms with Crippen molar-refractivity contribution < 1.29 is 29.0 Å². The summed E-state index contributed by atoms with van der Waals surface area (Å²) in [4.78, 5) is 44.3. The maximum absolute atomic E-state index is 14.5. The van der Waals surface area contributed by atoms with E-state index in [0.717, 1.165) is 50.0 Å². The van der Waals surface area contributed by atoms with E-state index < -0.39 is 17.8 Å². The largest absolute Gasteiger partial charge is 0.478 e. The van der Waals surface area contributed by atoms with Crippen molar-refractivity contribution in [3.63, 3.8) is 0 Å². The number of anilines is 4. The molecule has 2 aromatic rings. The first-order chi connectivity index (χ1) is 19.5. The molecule has 0 unspecified atom stereocenters. The number of nitrogens with zero attached hydrogens (tertiary/aromatic N) is 4. The Labute approximate surface area is 236 Å². The van der Waals surface area contributed by atoms with E-state index in [9.17, 15) is 18.8 Å². The second-order valence-corrected chi connectivity index (χ2v) is 10.4. The molecule has 2 heterocycles. The van der Waals surface area contributed by atoms with Crippen LogP contribution in [-0.2, 0) is 14.4 Å². The van der Waals surface area contributed by atoms with Crippen LogP contribution < -0.4 is 21.3 Å². The van der Waals surface area contributed by atoms with Gasteiger partial charge in [0.1, 0.15) is 0 Å². The minimum atomic E-state index is -1.26. The molecule has 218 valence electrons. The predicted octanol–water partition coefficient (Wildman–Crippen LogP) is 2.22. The Morgan fingerprint density at radius 2 is 1.73 bits per heavy atom. The third kappa shape index (κ3) is 7.37. The van der Waals surface area contributed by atoms with Gasteiger partial charge in [-0.15, -0.1) is 0 Å². The Morgan fingerprint density at radius 1 is 1.07 bits per heavy atom. The third-order valence-electron chi connectivity index (χ3n) is 7.50. The molecule has 0 spiro atoms. The van der Waals surface area contributed by atoms with E-state index in [-0.39, 0.29) is 35.5 Å². The van der Waals surface area contributed by atoms with E-state index in [1.807, 2.05) is 12.1 Å². The van der Waals surface area contributed by atoms with E-state index >= 15 is 0 Å². The van der Waals surface area contributed by atoms with E-state index in [4.69, 9.17) is 15.9 Å². The van der Waals surface area contributed by atoms with Gasteiger partial charge in [0.2, 0.25) is 11.9 Å². The lowest BCUT2D eigenvalue weighted by atomic mass is 9.88. The van der Waals surface area contributed by atoms with Gasteiger partial charge in [0, 0.05) is 55.7 Å². The van der Waals surface area contributed by atoms with Gasteiger partial charge in [-0.05, 0) is 56.0 Å². The van der Waals surface area contributed by atoms with Crippen LogP contribution in [0.1, 0.15) is 12.0 Å². The monoisotopic (exact) mass is 567 g/mol. The highest BCUT2D eigenvalue weighted by atomic mass is 19.1. The summed E-state index contributed by atoms with van der Waals surface area (Å²) in [6, 6.07) is 5.88. The van der Waals surface area contributed by atoms with Crippen molar-refractivity contribution in [2.75, 3.05) is 48.8 Å². The molecule has 2 bridgehead atoms. The smallest absolute Gasteiger partial charge is 0.328 e. The molecule has 1 amide bonds. The minimum absolute atomic E-state index is 0.0791. The first-order valence-corrected chi connectivity index (χ1v) is 13.2. The lowest BCUT2D eigenvalue weighted by molar-refractivity contribution is -0.134. The van der Waals surface area contributed by atoms with E-state index in [0.29, 0.717) is 18.1 Å². The molecule has 1 saturated heterocycles. The number of piperazine rings is 1. The number of amides is 1. The molecule has 12 nitrogen and oxygen atoms in total. The topological polar surface area (TPSA) is 174 Å². The molecule has 1 saturated carbocycles. The molecule has 41 heavy (non-hydrogen) atoms. The molecule has 4 atom stereocenters. The SMILES string of the molecule is Cc1cc(Nc2ncc(F)c(N[C@H]3[C@@H](C(N)=O)[C@@H]4C=C[C@H]3C4)n2)ccc1N1CCN(C)CC1.O=C(O)/C=C/C(=O)O. The molecule has 6 N–H and O–H groups in total. The standard InChI is InChI=1S/C24H30FN7O.C4H4O4/c1-14-11-17(5-6-19(14)32-9-7-31(2)8-10-32)28-24-27-13-18(25)23(30-24)29-21-16-4-3-15(12-16)20(21)22(26)33;5-3(6)1-2-4(7)8/h3-6,11,13,15-16,20-21H,7-10,12H2,1-2H3,(H2,26,33)(H2,27,28,29,30);1-2H,(H,5,6)(H,7,8)/b;2-1+/t15-,16+,20+,21-;/m1./s1. The number of nitrogens with two attached hydrogens (primary N) is 1. The van der Waals surface area contributed by atoms with Crippen molar-refractivity contribution in [3.05, 3.63) is 60.1 Å². The van der Waals surface area contributed by atoms with E-state index in [1.165, 1.54) is 5.69 Å². The first-order valence-electron chi connectivity index (χ1n) is 13.2. The minimum Gasteiger partial charge on any atom is -0.478 e. The number of carbonyl (C=O) groups excluding carboxylic acids is 1. The number of carboxylic acids is 2. The molecule has 0 radical (unpaired) electrons. The second-order valence-electron chi connectivity index (χ2n) is 10.4. The summed E-state index contributed by atoms with van der Waals surface area (Å²) in [7, 11) is 2.14. The van der Waals surface area contributed by atoms with Crippen LogP contribution in [0.25, 0.3) is 0 Å². The average Bonchev–Trinajstić information content (AvgIpc) is 3.53. The van der Waals surface area contributed by atoms with E-state index in [1.54, 1.807) is 0 Å². The maximum Gasteiger partial charge on any atom is 0.328 e. The summed E-state index contributed by atoms with van der Waals surface area (Å²) >= 11 is 0. The van der Waals surface area contributed by atoms with Crippen molar-refractivity contribution in [1.29, 1.82) is 0 Å². The van der Waals surface area contributed by atoms with Crippen LogP contribution in [0, 0.1) is 30.5 Å². The van der Waals surface area contributed by atoms with E-state index in [2.05, 4.69) is 62.6 Å². The van der Waals surface area contributed by atoms with Gasteiger partial charge in [0.15, 0.2) is 11.6 Å². The molecular weight excluding hydrogens is 533 g/mol. The number of hydrogen-bond donors (Lipinski definition) is 5. The molecular formula is C28H34FN7O5. The summed E-state index contributed by atoms with van der Waals surface area (Å²) < 4.78 is 14.5. The second kappa shape index (κ2) is 12.8. The van der Waals surface area contributed by atoms with Crippen molar-refractivity contribution in [2.45, 2.75) is 19.4 Å². The number of aromatic nitrogens is 2. The first kappa shape index (κ1) is 29.5. The Balaban J connectivity index is 0.000000426. The molecule has 5 rings (SSSR count). The van der Waals surface area contributed by atoms with Crippen molar-refractivity contribution in [3.8, 4) is 0 Å². The molecule has 1 aliphatic heterocycles. The molecule has 3 aliphatic rings. The Kier molecular flexibility index (Phi) is 9.17. The van der Waals surface area contributed by atoms with Crippen LogP contribution in [-0.4, -0.2) is 82.2 Å². The number of primary amides is 1. The lowest BCUT2D eigenvalue weighted by Gasteiger charge is -2.35. The number of rotatable bonds is 8. The van der Waals surface area contributed by atoms with Crippen LogP contribution in [0.5, 0.6) is 0 Å². The van der Waals surface area contributed by atoms with Gasteiger partial charge in [-0.2, -0.15) is 4.98 Å². The van der Waals surface area contributed by atoms with Crippen LogP contribution >= 0.6 is 0 Å². The number of carboxylic acid groups (broad SMARTS) is 2. The number of nitrogens with one attached hydrogen (secondary N) is 2. The van der Waals surface area contributed by atoms with Gasteiger partial charge in [0.05, 0.1) is 12.1 Å². The number of halogens is 1. The number of allylic oxidation sites excluding steroid dienone is 1. The van der Waals surface area contributed by atoms with Gasteiger partial charge in [-0.25, -0.2) is 19.0 Å². The summed E-state index contributed by atoms with van der Waals surface area (Å²) in [6.07, 6.45) is 7.22. The van der Waals surface area contributed by atoms with Crippen LogP contribution in [0.15, 0.2) is 48.7 Å². The number of carbonyl (C=O) groups is 3. The van der Waals surface area contributed by atoms with Gasteiger partial charge < -0.3 is 36.4 Å². The van der Waals surface area contributed by atoms with Crippen LogP contribution in [0.4, 0.5) is 27.5 Å². The zero-order valence-corrected chi connectivity index (χ0v) is 22.8. The Morgan fingerprint density at radius 3 is 2.34 bits per heavy atom. The van der Waals surface area contributed by atoms with Gasteiger partial charge in [0.25, 0.3) is 0 Å². The molecule has 13 heteroatoms. The number of aliphatic carboxylic acids is 2. The molecule has 1 aromatic heterocycles. The molecule has 1 aromatic carbocycles. The number of fused-ring (bicyclic) bond motifs is 2. The zero-order chi connectivity index (χ0) is 29.7. The fraction of sp³-hybridized carbons (Fsp3) is 0.393. The highest BCUT2D eigenvalue weighted by Gasteiger charge is 2.47. The number of aryl methyl sites for hydroxylation is 1. The Hall–Kier alpha value is -4.52. The van der Waals surface area contributed by atoms with Gasteiger partial charge in [-0.1, -0.05) is 12.2 Å². The summed E-state index contributed by atoms with van der Waals surface area (Å²) in [5.41, 5.74) is 8.84. The number of hydrogen-bond acceptors (Lipinski definition) is 9. The summed E-state index contributed by atoms with van der Waals surface area (Å²) in [5, 5.41) is 21.9. The molecule has 2 aliphatic carbocycles. The highest BCUT2D eigenvalue weighted by Crippen LogP contribution is 2.45. The normalized spacial score (nSPS) is 23.2.